The highest BCUT2D eigenvalue weighted by atomic mass is 32.2. The van der Waals surface area contributed by atoms with Crippen molar-refractivity contribution in [3.63, 3.8) is 0 Å². The molecule has 7 heteroatoms. The van der Waals surface area contributed by atoms with Gasteiger partial charge in [-0.3, -0.25) is 19.7 Å². The van der Waals surface area contributed by atoms with Gasteiger partial charge in [-0.25, -0.2) is 0 Å². The van der Waals surface area contributed by atoms with Gasteiger partial charge in [0.15, 0.2) is 5.78 Å². The Bertz CT molecular complexity index is 974. The number of ether oxygens (including phenoxy) is 1. The summed E-state index contributed by atoms with van der Waals surface area (Å²) in [5.74, 6) is 2.23. The largest absolute Gasteiger partial charge is 0.429 e. The van der Waals surface area contributed by atoms with Gasteiger partial charge in [0, 0.05) is 29.9 Å². The van der Waals surface area contributed by atoms with E-state index >= 15 is 0 Å². The van der Waals surface area contributed by atoms with Crippen LogP contribution in [0.2, 0.25) is 0 Å². The molecule has 0 heterocycles. The predicted molar refractivity (Wildman–Crippen MR) is 121 cm³/mol. The van der Waals surface area contributed by atoms with Crippen LogP contribution in [0.15, 0.2) is 39.8 Å². The lowest BCUT2D eigenvalue weighted by molar-refractivity contribution is -0.384. The number of thioether (sulfide) groups is 1. The highest BCUT2D eigenvalue weighted by Gasteiger charge is 2.56. The lowest BCUT2D eigenvalue weighted by Gasteiger charge is -2.55. The number of hydrogen-bond acceptors (Lipinski definition) is 6. The lowest BCUT2D eigenvalue weighted by atomic mass is 9.49. The second-order valence-corrected chi connectivity index (χ2v) is 12.2. The van der Waals surface area contributed by atoms with Crippen molar-refractivity contribution in [3.05, 3.63) is 45.0 Å². The average Bonchev–Trinajstić information content (AvgIpc) is 2.69. The van der Waals surface area contributed by atoms with Crippen LogP contribution < -0.4 is 0 Å². The molecular weight excluding hydrogens is 426 g/mol. The first-order valence-electron chi connectivity index (χ1n) is 11.5. The van der Waals surface area contributed by atoms with Gasteiger partial charge in [-0.2, -0.15) is 0 Å². The second-order valence-electron chi connectivity index (χ2n) is 11.1. The summed E-state index contributed by atoms with van der Waals surface area (Å²) in [4.78, 5) is 38.3. The average molecular weight is 456 g/mol. The van der Waals surface area contributed by atoms with E-state index in [1.54, 1.807) is 12.1 Å². The summed E-state index contributed by atoms with van der Waals surface area (Å²) in [6.45, 7) is 4.05. The summed E-state index contributed by atoms with van der Waals surface area (Å²) in [6.07, 6.45) is 7.45. The van der Waals surface area contributed by atoms with Gasteiger partial charge in [0.25, 0.3) is 5.69 Å². The highest BCUT2D eigenvalue weighted by Crippen LogP contribution is 2.60. The van der Waals surface area contributed by atoms with Crippen molar-refractivity contribution < 1.29 is 19.2 Å². The minimum absolute atomic E-state index is 0.00732. The SMILES string of the molecule is CC1(C)CC(=O)C(Sc2ccc([N+](=O)[O-])cc2)=C(OC(=O)C23CC4CC(CC(C4)C2)C3)C1. The molecule has 4 fully saturated rings. The molecule has 170 valence electrons. The maximum atomic E-state index is 13.5. The Balaban J connectivity index is 1.42. The molecule has 0 N–H and O–H groups in total. The smallest absolute Gasteiger partial charge is 0.317 e. The van der Waals surface area contributed by atoms with E-state index in [0.717, 1.165) is 24.2 Å². The van der Waals surface area contributed by atoms with E-state index < -0.39 is 4.92 Å². The quantitative estimate of drug-likeness (QED) is 0.305. The molecule has 0 spiro atoms. The molecule has 4 bridgehead atoms. The van der Waals surface area contributed by atoms with E-state index in [-0.39, 0.29) is 28.3 Å². The predicted octanol–water partition coefficient (Wildman–Crippen LogP) is 6.05. The highest BCUT2D eigenvalue weighted by molar-refractivity contribution is 8.04. The van der Waals surface area contributed by atoms with Gasteiger partial charge < -0.3 is 4.74 Å². The lowest BCUT2D eigenvalue weighted by Crippen LogP contribution is -2.50. The topological polar surface area (TPSA) is 86.5 Å². The monoisotopic (exact) mass is 455 g/mol. The molecule has 0 radical (unpaired) electrons. The van der Waals surface area contributed by atoms with Crippen molar-refractivity contribution in [2.45, 2.75) is 70.1 Å². The molecule has 1 aromatic rings. The number of carbonyl (C=O) groups is 2. The third-order valence-corrected chi connectivity index (χ3v) is 8.91. The summed E-state index contributed by atoms with van der Waals surface area (Å²) in [6, 6.07) is 6.14. The molecule has 6 nitrogen and oxygen atoms in total. The summed E-state index contributed by atoms with van der Waals surface area (Å²) in [7, 11) is 0. The fourth-order valence-electron chi connectivity index (χ4n) is 6.78. The minimum atomic E-state index is -0.444. The number of hydrogen-bond donors (Lipinski definition) is 0. The maximum Gasteiger partial charge on any atom is 0.317 e. The van der Waals surface area contributed by atoms with Gasteiger partial charge in [0.05, 0.1) is 15.2 Å². The van der Waals surface area contributed by atoms with Gasteiger partial charge >= 0.3 is 5.97 Å². The van der Waals surface area contributed by atoms with Crippen molar-refractivity contribution in [2.75, 3.05) is 0 Å². The Morgan fingerprint density at radius 3 is 2.12 bits per heavy atom. The normalized spacial score (nSPS) is 32.8. The van der Waals surface area contributed by atoms with Crippen LogP contribution in [0.5, 0.6) is 0 Å². The fraction of sp³-hybridized carbons (Fsp3) is 0.600. The van der Waals surface area contributed by atoms with E-state index in [4.69, 9.17) is 4.74 Å². The van der Waals surface area contributed by atoms with E-state index in [1.165, 1.54) is 43.2 Å². The zero-order valence-electron chi connectivity index (χ0n) is 18.6. The zero-order chi connectivity index (χ0) is 22.7. The maximum absolute atomic E-state index is 13.5. The van der Waals surface area contributed by atoms with E-state index in [9.17, 15) is 19.7 Å². The Kier molecular flexibility index (Phi) is 5.23. The Labute approximate surface area is 192 Å². The van der Waals surface area contributed by atoms with Gasteiger partial charge in [0.1, 0.15) is 5.76 Å². The molecule has 0 amide bonds. The Morgan fingerprint density at radius 2 is 1.59 bits per heavy atom. The number of Topliss-reactive ketones (excluding diaryl/α,β-unsaturated/α-hetero) is 1. The molecule has 32 heavy (non-hydrogen) atoms. The molecule has 6 rings (SSSR count). The Hall–Kier alpha value is -2.15. The van der Waals surface area contributed by atoms with E-state index in [1.807, 2.05) is 13.8 Å². The minimum Gasteiger partial charge on any atom is -0.429 e. The molecule has 5 aliphatic carbocycles. The number of non-ortho nitro benzene ring substituents is 1. The molecular formula is C25H29NO5S. The number of benzene rings is 1. The van der Waals surface area contributed by atoms with Gasteiger partial charge in [0.2, 0.25) is 0 Å². The number of allylic oxidation sites excluding steroid dienone is 2. The number of esters is 1. The van der Waals surface area contributed by atoms with Crippen molar-refractivity contribution in [2.24, 2.45) is 28.6 Å². The summed E-state index contributed by atoms with van der Waals surface area (Å²) < 4.78 is 6.12. The first-order valence-corrected chi connectivity index (χ1v) is 12.4. The van der Waals surface area contributed by atoms with E-state index in [0.29, 0.717) is 41.3 Å². The first kappa shape index (κ1) is 21.7. The molecule has 0 aliphatic heterocycles. The Morgan fingerprint density at radius 1 is 1.03 bits per heavy atom. The second kappa shape index (κ2) is 7.72. The molecule has 0 atom stereocenters. The third kappa shape index (κ3) is 4.00. The van der Waals surface area contributed by atoms with Gasteiger partial charge in [-0.1, -0.05) is 25.6 Å². The van der Waals surface area contributed by atoms with Crippen molar-refractivity contribution in [3.8, 4) is 0 Å². The number of nitrogens with zero attached hydrogens (tertiary/aromatic N) is 1. The molecule has 0 unspecified atom stereocenters. The van der Waals surface area contributed by atoms with Crippen LogP contribution in [0.3, 0.4) is 0 Å². The number of carbonyl (C=O) groups excluding carboxylic acids is 2. The fourth-order valence-corrected chi connectivity index (χ4v) is 7.70. The van der Waals surface area contributed by atoms with Crippen LogP contribution in [-0.2, 0) is 14.3 Å². The van der Waals surface area contributed by atoms with Crippen LogP contribution in [0.4, 0.5) is 5.69 Å². The van der Waals surface area contributed by atoms with E-state index in [2.05, 4.69) is 0 Å². The van der Waals surface area contributed by atoms with Gasteiger partial charge in [-0.05, 0) is 73.8 Å². The summed E-state index contributed by atoms with van der Waals surface area (Å²) in [5, 5.41) is 10.9. The number of ketones is 1. The van der Waals surface area contributed by atoms with Crippen molar-refractivity contribution >= 4 is 29.2 Å². The van der Waals surface area contributed by atoms with Crippen molar-refractivity contribution in [1.82, 2.24) is 0 Å². The van der Waals surface area contributed by atoms with Crippen LogP contribution in [-0.4, -0.2) is 16.7 Å². The van der Waals surface area contributed by atoms with Crippen LogP contribution in [0.25, 0.3) is 0 Å². The molecule has 5 aliphatic rings. The van der Waals surface area contributed by atoms with Crippen LogP contribution in [0, 0.1) is 38.7 Å². The van der Waals surface area contributed by atoms with Crippen molar-refractivity contribution in [1.29, 1.82) is 0 Å². The summed E-state index contributed by atoms with van der Waals surface area (Å²) in [5.41, 5.74) is -0.642. The number of nitro benzene ring substituents is 1. The first-order chi connectivity index (χ1) is 15.1. The molecule has 1 aromatic carbocycles. The molecule has 0 saturated heterocycles. The number of nitro groups is 1. The third-order valence-electron chi connectivity index (χ3n) is 7.74. The summed E-state index contributed by atoms with van der Waals surface area (Å²) >= 11 is 1.25. The van der Waals surface area contributed by atoms with Crippen LogP contribution in [0.1, 0.15) is 65.2 Å². The molecule has 0 aromatic heterocycles. The number of rotatable bonds is 5. The standard InChI is InChI=1S/C25H29NO5S/c1-24(2)13-20(27)22(32-19-5-3-18(4-6-19)26(29)30)21(14-24)31-23(28)25-10-15-7-16(11-25)9-17(8-15)12-25/h3-6,15-17H,7-14H2,1-2H3. The van der Waals surface area contributed by atoms with Gasteiger partial charge in [-0.15, -0.1) is 0 Å². The molecule has 4 saturated carbocycles. The van der Waals surface area contributed by atoms with Crippen LogP contribution >= 0.6 is 11.8 Å². The zero-order valence-corrected chi connectivity index (χ0v) is 19.4.